The van der Waals surface area contributed by atoms with Gasteiger partial charge >= 0.3 is 29.6 Å². The standard InChI is InChI=1S/C21H28O5S.Na/c1-2-3-4-5-6-7-8-10-17-13-14-21(20(22)15-17)26-18-11-9-12-19(16-18)27(23,24)25;/h9,11-16,22H,2-8,10H2,1H3,(H,23,24,25);/q;+1/p-1. The van der Waals surface area contributed by atoms with Gasteiger partial charge in [-0.05, 0) is 36.6 Å². The van der Waals surface area contributed by atoms with Crippen molar-refractivity contribution in [1.82, 2.24) is 0 Å². The molecular formula is C21H27NaO5S. The summed E-state index contributed by atoms with van der Waals surface area (Å²) in [5, 5.41) is 12.2. The molecule has 0 spiro atoms. The van der Waals surface area contributed by atoms with Gasteiger partial charge in [0.15, 0.2) is 0 Å². The van der Waals surface area contributed by atoms with Gasteiger partial charge in [0.1, 0.15) is 11.5 Å². The second-order valence-corrected chi connectivity index (χ2v) is 8.13. The van der Waals surface area contributed by atoms with E-state index in [9.17, 15) is 13.5 Å². The van der Waals surface area contributed by atoms with Gasteiger partial charge in [0, 0.05) is 6.07 Å². The van der Waals surface area contributed by atoms with Crippen molar-refractivity contribution in [1.29, 1.82) is 0 Å². The van der Waals surface area contributed by atoms with E-state index in [2.05, 4.69) is 6.92 Å². The Morgan fingerprint density at radius 1 is 0.964 bits per heavy atom. The molecule has 2 aromatic rings. The maximum Gasteiger partial charge on any atom is 1.00 e. The zero-order valence-electron chi connectivity index (χ0n) is 16.7. The van der Waals surface area contributed by atoms with E-state index in [0.29, 0.717) is 0 Å². The quantitative estimate of drug-likeness (QED) is 0.346. The molecule has 0 fully saturated rings. The maximum atomic E-state index is 12.2. The summed E-state index contributed by atoms with van der Waals surface area (Å²) in [6, 6.07) is 10.4. The molecule has 0 atom stereocenters. The Morgan fingerprint density at radius 3 is 2.29 bits per heavy atom. The van der Waals surface area contributed by atoms with Crippen LogP contribution in [-0.2, 0) is 16.5 Å². The molecular weight excluding hydrogens is 387 g/mol. The summed E-state index contributed by atoms with van der Waals surface area (Å²) in [5.74, 6) is 0.0700. The molecule has 0 bridgehead atoms. The van der Waals surface area contributed by atoms with Gasteiger partial charge in [-0.15, -0.1) is 0 Å². The number of hydrogen-bond acceptors (Lipinski definition) is 4. The number of benzene rings is 2. The average Bonchev–Trinajstić information content (AvgIpc) is 2.63. The molecule has 0 saturated carbocycles. The minimum Gasteiger partial charge on any atom is -0.870 e. The Morgan fingerprint density at radius 2 is 1.64 bits per heavy atom. The van der Waals surface area contributed by atoms with Gasteiger partial charge in [-0.2, -0.15) is 8.42 Å². The van der Waals surface area contributed by atoms with Crippen molar-refractivity contribution in [3.05, 3.63) is 48.0 Å². The Balaban J connectivity index is 0.00000392. The molecule has 2 aromatic carbocycles. The minimum absolute atomic E-state index is 0. The first-order valence-corrected chi connectivity index (χ1v) is 10.9. The van der Waals surface area contributed by atoms with Gasteiger partial charge in [-0.3, -0.25) is 4.55 Å². The molecule has 0 heterocycles. The van der Waals surface area contributed by atoms with Crippen LogP contribution in [0.15, 0.2) is 47.4 Å². The van der Waals surface area contributed by atoms with E-state index >= 15 is 0 Å². The monoisotopic (exact) mass is 414 g/mol. The topological polar surface area (TPSA) is 86.7 Å². The number of hydrogen-bond donors (Lipinski definition) is 1. The molecule has 0 aliphatic carbocycles. The predicted octanol–water partition coefficient (Wildman–Crippen LogP) is 2.10. The summed E-state index contributed by atoms with van der Waals surface area (Å²) in [5.41, 5.74) is 0.979. The third-order valence-corrected chi connectivity index (χ3v) is 5.26. The van der Waals surface area contributed by atoms with Crippen molar-refractivity contribution in [2.75, 3.05) is 0 Å². The van der Waals surface area contributed by atoms with Crippen molar-refractivity contribution in [3.8, 4) is 17.2 Å². The van der Waals surface area contributed by atoms with Crippen LogP contribution in [0.4, 0.5) is 0 Å². The molecule has 0 aliphatic rings. The van der Waals surface area contributed by atoms with E-state index in [1.807, 2.05) is 6.07 Å². The number of rotatable bonds is 11. The Hall–Kier alpha value is -1.05. The molecule has 1 N–H and O–H groups in total. The van der Waals surface area contributed by atoms with Crippen molar-refractivity contribution >= 4 is 10.1 Å². The van der Waals surface area contributed by atoms with Crippen molar-refractivity contribution in [2.45, 2.75) is 63.2 Å². The Bertz CT molecular complexity index is 836. The van der Waals surface area contributed by atoms with Crippen molar-refractivity contribution < 1.29 is 52.4 Å². The molecule has 2 rings (SSSR count). The molecule has 0 unspecified atom stereocenters. The van der Waals surface area contributed by atoms with Crippen LogP contribution in [0.25, 0.3) is 0 Å². The Labute approximate surface area is 190 Å². The molecule has 28 heavy (non-hydrogen) atoms. The largest absolute Gasteiger partial charge is 1.00 e. The molecule has 0 amide bonds. The molecule has 0 radical (unpaired) electrons. The van der Waals surface area contributed by atoms with Gasteiger partial charge < -0.3 is 9.84 Å². The van der Waals surface area contributed by atoms with E-state index in [1.165, 1.54) is 62.8 Å². The average molecular weight is 414 g/mol. The SMILES string of the molecule is CCCCCCCCCc1ccc(Oc2cccc(S(=O)(=O)O)c2)c([O-])c1.[Na+]. The van der Waals surface area contributed by atoms with Crippen LogP contribution in [0, 0.1) is 0 Å². The maximum absolute atomic E-state index is 12.2. The molecule has 7 heteroatoms. The second-order valence-electron chi connectivity index (χ2n) is 6.70. The van der Waals surface area contributed by atoms with Gasteiger partial charge in [-0.1, -0.05) is 69.4 Å². The first-order valence-electron chi connectivity index (χ1n) is 9.45. The molecule has 5 nitrogen and oxygen atoms in total. The number of aryl methyl sites for hydroxylation is 1. The van der Waals surface area contributed by atoms with Crippen LogP contribution in [0.1, 0.15) is 57.4 Å². The van der Waals surface area contributed by atoms with Crippen LogP contribution in [0.2, 0.25) is 0 Å². The van der Waals surface area contributed by atoms with Crippen molar-refractivity contribution in [3.63, 3.8) is 0 Å². The van der Waals surface area contributed by atoms with Gasteiger partial charge in [0.2, 0.25) is 0 Å². The third kappa shape index (κ3) is 8.53. The molecule has 0 aromatic heterocycles. The van der Waals surface area contributed by atoms with E-state index in [1.54, 1.807) is 12.1 Å². The van der Waals surface area contributed by atoms with E-state index in [-0.39, 0.29) is 51.7 Å². The van der Waals surface area contributed by atoms with Crippen LogP contribution >= 0.6 is 0 Å². The van der Waals surface area contributed by atoms with Crippen LogP contribution in [-0.4, -0.2) is 13.0 Å². The zero-order valence-corrected chi connectivity index (χ0v) is 19.5. The van der Waals surface area contributed by atoms with E-state index in [0.717, 1.165) is 18.4 Å². The molecule has 0 saturated heterocycles. The molecule has 0 aliphatic heterocycles. The second kappa shape index (κ2) is 12.5. The first-order chi connectivity index (χ1) is 12.9. The minimum atomic E-state index is -4.31. The zero-order chi connectivity index (χ0) is 19.7. The van der Waals surface area contributed by atoms with Gasteiger partial charge in [-0.25, -0.2) is 0 Å². The Kier molecular flexibility index (Phi) is 11.2. The van der Waals surface area contributed by atoms with Crippen LogP contribution < -0.4 is 39.4 Å². The summed E-state index contributed by atoms with van der Waals surface area (Å²) in [4.78, 5) is -0.275. The summed E-state index contributed by atoms with van der Waals surface area (Å²) in [6.07, 6.45) is 9.44. The van der Waals surface area contributed by atoms with Crippen LogP contribution in [0.3, 0.4) is 0 Å². The fourth-order valence-corrected chi connectivity index (χ4v) is 3.42. The number of unbranched alkanes of at least 4 members (excludes halogenated alkanes) is 6. The summed E-state index contributed by atoms with van der Waals surface area (Å²) in [6.45, 7) is 2.21. The summed E-state index contributed by atoms with van der Waals surface area (Å²) in [7, 11) is -4.31. The summed E-state index contributed by atoms with van der Waals surface area (Å²) >= 11 is 0. The third-order valence-electron chi connectivity index (χ3n) is 4.41. The van der Waals surface area contributed by atoms with Crippen LogP contribution in [0.5, 0.6) is 17.2 Å². The summed E-state index contributed by atoms with van der Waals surface area (Å²) < 4.78 is 37.0. The van der Waals surface area contributed by atoms with Gasteiger partial charge in [0.25, 0.3) is 10.1 Å². The van der Waals surface area contributed by atoms with E-state index < -0.39 is 10.1 Å². The van der Waals surface area contributed by atoms with Gasteiger partial charge in [0.05, 0.1) is 4.90 Å². The molecule has 148 valence electrons. The van der Waals surface area contributed by atoms with E-state index in [4.69, 9.17) is 9.29 Å². The fourth-order valence-electron chi connectivity index (χ4n) is 2.90. The number of ether oxygens (including phenoxy) is 1. The normalized spacial score (nSPS) is 11.1. The predicted molar refractivity (Wildman–Crippen MR) is 104 cm³/mol. The smallest absolute Gasteiger partial charge is 0.870 e. The first kappa shape index (κ1) is 25.0. The van der Waals surface area contributed by atoms with Crippen molar-refractivity contribution in [2.24, 2.45) is 0 Å². The fraction of sp³-hybridized carbons (Fsp3) is 0.429.